The van der Waals surface area contributed by atoms with Crippen LogP contribution < -0.4 is 9.62 Å². The number of hydrogen-bond donors (Lipinski definition) is 1. The normalized spacial score (nSPS) is 11.7. The first kappa shape index (κ1) is 22.4. The lowest BCUT2D eigenvalue weighted by Crippen LogP contribution is -2.27. The average molecular weight is 448 g/mol. The van der Waals surface area contributed by atoms with Crippen LogP contribution >= 0.6 is 0 Å². The summed E-state index contributed by atoms with van der Waals surface area (Å²) in [6.45, 7) is -0.0766. The van der Waals surface area contributed by atoms with Crippen LogP contribution in [0.4, 0.5) is 18.9 Å². The highest BCUT2D eigenvalue weighted by Gasteiger charge is 2.30. The van der Waals surface area contributed by atoms with Crippen molar-refractivity contribution in [1.82, 2.24) is 5.32 Å². The standard InChI is InChI=1S/C22H19F3N2O3S/c1-27(31(29,30)20-8-3-2-4-9-20)19-12-10-17(11-13-19)21(28)26-15-16-6-5-7-18(14-16)22(23,24)25/h2-14H,15H2,1H3,(H,26,28). The van der Waals surface area contributed by atoms with Crippen molar-refractivity contribution in [3.8, 4) is 0 Å². The number of amides is 1. The zero-order chi connectivity index (χ0) is 22.6. The molecule has 0 saturated carbocycles. The average Bonchev–Trinajstić information content (AvgIpc) is 2.77. The predicted octanol–water partition coefficient (Wildman–Crippen LogP) is 4.46. The molecule has 0 aliphatic rings. The van der Waals surface area contributed by atoms with Crippen LogP contribution in [-0.4, -0.2) is 21.4 Å². The number of benzene rings is 3. The number of anilines is 1. The van der Waals surface area contributed by atoms with Crippen LogP contribution in [0.5, 0.6) is 0 Å². The molecule has 9 heteroatoms. The third-order valence-corrected chi connectivity index (χ3v) is 6.40. The van der Waals surface area contributed by atoms with E-state index in [1.54, 1.807) is 18.2 Å². The number of halogens is 3. The van der Waals surface area contributed by atoms with Gasteiger partial charge in [-0.2, -0.15) is 13.2 Å². The number of rotatable bonds is 6. The van der Waals surface area contributed by atoms with Crippen LogP contribution in [0, 0.1) is 0 Å². The number of nitrogens with zero attached hydrogens (tertiary/aromatic N) is 1. The molecule has 0 radical (unpaired) electrons. The number of alkyl halides is 3. The maximum atomic E-state index is 12.8. The zero-order valence-electron chi connectivity index (χ0n) is 16.4. The minimum Gasteiger partial charge on any atom is -0.348 e. The summed E-state index contributed by atoms with van der Waals surface area (Å²) in [6.07, 6.45) is -4.46. The van der Waals surface area contributed by atoms with E-state index in [1.807, 2.05) is 0 Å². The highest BCUT2D eigenvalue weighted by Crippen LogP contribution is 2.29. The van der Waals surface area contributed by atoms with E-state index >= 15 is 0 Å². The third kappa shape index (κ3) is 5.24. The Morgan fingerprint density at radius 2 is 1.58 bits per heavy atom. The highest BCUT2D eigenvalue weighted by atomic mass is 32.2. The van der Waals surface area contributed by atoms with Crippen molar-refractivity contribution < 1.29 is 26.4 Å². The lowest BCUT2D eigenvalue weighted by molar-refractivity contribution is -0.137. The summed E-state index contributed by atoms with van der Waals surface area (Å²) in [5.41, 5.74) is 0.138. The molecule has 3 rings (SSSR count). The monoisotopic (exact) mass is 448 g/mol. The van der Waals surface area contributed by atoms with Crippen LogP contribution in [0.25, 0.3) is 0 Å². The summed E-state index contributed by atoms with van der Waals surface area (Å²) in [5, 5.41) is 2.56. The molecule has 3 aromatic rings. The third-order valence-electron chi connectivity index (χ3n) is 4.60. The fourth-order valence-corrected chi connectivity index (χ4v) is 4.07. The zero-order valence-corrected chi connectivity index (χ0v) is 17.2. The van der Waals surface area contributed by atoms with Gasteiger partial charge in [0.1, 0.15) is 0 Å². The molecule has 5 nitrogen and oxygen atoms in total. The molecule has 3 aromatic carbocycles. The van der Waals surface area contributed by atoms with Crippen molar-refractivity contribution in [2.45, 2.75) is 17.6 Å². The smallest absolute Gasteiger partial charge is 0.348 e. The van der Waals surface area contributed by atoms with Gasteiger partial charge in [0.05, 0.1) is 16.1 Å². The second kappa shape index (κ2) is 8.81. The highest BCUT2D eigenvalue weighted by molar-refractivity contribution is 7.92. The van der Waals surface area contributed by atoms with E-state index in [0.29, 0.717) is 11.3 Å². The van der Waals surface area contributed by atoms with Gasteiger partial charge in [-0.25, -0.2) is 8.42 Å². The van der Waals surface area contributed by atoms with Gasteiger partial charge in [-0.15, -0.1) is 0 Å². The van der Waals surface area contributed by atoms with Crippen molar-refractivity contribution in [1.29, 1.82) is 0 Å². The van der Waals surface area contributed by atoms with Gasteiger partial charge in [-0.05, 0) is 54.1 Å². The first-order valence-electron chi connectivity index (χ1n) is 9.17. The second-order valence-electron chi connectivity index (χ2n) is 6.71. The SMILES string of the molecule is CN(c1ccc(C(=O)NCc2cccc(C(F)(F)F)c2)cc1)S(=O)(=O)c1ccccc1. The van der Waals surface area contributed by atoms with E-state index in [1.165, 1.54) is 55.6 Å². The molecule has 1 N–H and O–H groups in total. The molecule has 0 aliphatic carbocycles. The van der Waals surface area contributed by atoms with Gasteiger partial charge in [0.15, 0.2) is 0 Å². The molecular formula is C22H19F3N2O3S. The van der Waals surface area contributed by atoms with Crippen molar-refractivity contribution in [2.75, 3.05) is 11.4 Å². The van der Waals surface area contributed by atoms with Gasteiger partial charge in [0.25, 0.3) is 15.9 Å². The summed E-state index contributed by atoms with van der Waals surface area (Å²) in [6, 6.07) is 18.5. The van der Waals surface area contributed by atoms with E-state index in [4.69, 9.17) is 0 Å². The van der Waals surface area contributed by atoms with Crippen molar-refractivity contribution >= 4 is 21.6 Å². The Labute approximate surface area is 178 Å². The Hall–Kier alpha value is -3.33. The topological polar surface area (TPSA) is 66.5 Å². The van der Waals surface area contributed by atoms with Crippen molar-refractivity contribution in [3.05, 3.63) is 95.6 Å². The lowest BCUT2D eigenvalue weighted by atomic mass is 10.1. The fourth-order valence-electron chi connectivity index (χ4n) is 2.85. The first-order chi connectivity index (χ1) is 14.6. The van der Waals surface area contributed by atoms with E-state index in [-0.39, 0.29) is 17.0 Å². The van der Waals surface area contributed by atoms with Gasteiger partial charge in [-0.3, -0.25) is 9.10 Å². The van der Waals surface area contributed by atoms with Crippen LogP contribution in [0.15, 0.2) is 83.8 Å². The maximum Gasteiger partial charge on any atom is 0.416 e. The first-order valence-corrected chi connectivity index (χ1v) is 10.6. The fraction of sp³-hybridized carbons (Fsp3) is 0.136. The Balaban J connectivity index is 1.68. The Morgan fingerprint density at radius 3 is 2.19 bits per heavy atom. The molecule has 0 saturated heterocycles. The molecule has 0 atom stereocenters. The number of sulfonamides is 1. The lowest BCUT2D eigenvalue weighted by Gasteiger charge is -2.19. The molecule has 0 bridgehead atoms. The molecule has 31 heavy (non-hydrogen) atoms. The van der Waals surface area contributed by atoms with E-state index < -0.39 is 27.7 Å². The molecular weight excluding hydrogens is 429 g/mol. The number of carbonyl (C=O) groups excluding carboxylic acids is 1. The maximum absolute atomic E-state index is 12.8. The van der Waals surface area contributed by atoms with Gasteiger partial charge >= 0.3 is 6.18 Å². The van der Waals surface area contributed by atoms with Gasteiger partial charge in [0.2, 0.25) is 0 Å². The van der Waals surface area contributed by atoms with Crippen LogP contribution in [0.3, 0.4) is 0 Å². The van der Waals surface area contributed by atoms with Gasteiger partial charge in [-0.1, -0.05) is 30.3 Å². The summed E-state index contributed by atoms with van der Waals surface area (Å²) in [4.78, 5) is 12.5. The quantitative estimate of drug-likeness (QED) is 0.606. The molecule has 0 aromatic heterocycles. The summed E-state index contributed by atoms with van der Waals surface area (Å²) in [5.74, 6) is -0.488. The number of hydrogen-bond acceptors (Lipinski definition) is 3. The summed E-state index contributed by atoms with van der Waals surface area (Å²) in [7, 11) is -2.34. The minimum absolute atomic E-state index is 0.0766. The van der Waals surface area contributed by atoms with Crippen molar-refractivity contribution in [3.63, 3.8) is 0 Å². The van der Waals surface area contributed by atoms with Crippen LogP contribution in [-0.2, 0) is 22.7 Å². The van der Waals surface area contributed by atoms with Crippen LogP contribution in [0.2, 0.25) is 0 Å². The van der Waals surface area contributed by atoms with E-state index in [9.17, 15) is 26.4 Å². The molecule has 0 heterocycles. The Kier molecular flexibility index (Phi) is 6.35. The molecule has 0 aliphatic heterocycles. The minimum atomic E-state index is -4.46. The van der Waals surface area contributed by atoms with Crippen LogP contribution in [0.1, 0.15) is 21.5 Å². The number of nitrogens with one attached hydrogen (secondary N) is 1. The second-order valence-corrected chi connectivity index (χ2v) is 8.68. The van der Waals surface area contributed by atoms with E-state index in [2.05, 4.69) is 5.32 Å². The summed E-state index contributed by atoms with van der Waals surface area (Å²) < 4.78 is 64.8. The molecule has 1 amide bonds. The summed E-state index contributed by atoms with van der Waals surface area (Å²) >= 11 is 0. The molecule has 0 unspecified atom stereocenters. The van der Waals surface area contributed by atoms with Crippen molar-refractivity contribution in [2.24, 2.45) is 0 Å². The predicted molar refractivity (Wildman–Crippen MR) is 111 cm³/mol. The largest absolute Gasteiger partial charge is 0.416 e. The molecule has 0 spiro atoms. The van der Waals surface area contributed by atoms with E-state index in [0.717, 1.165) is 16.4 Å². The molecule has 0 fully saturated rings. The van der Waals surface area contributed by atoms with Gasteiger partial charge in [0, 0.05) is 19.2 Å². The van der Waals surface area contributed by atoms with Gasteiger partial charge < -0.3 is 5.32 Å². The Morgan fingerprint density at radius 1 is 0.935 bits per heavy atom. The number of carbonyl (C=O) groups is 1. The Bertz CT molecular complexity index is 1160. The molecule has 162 valence electrons.